The summed E-state index contributed by atoms with van der Waals surface area (Å²) >= 11 is 3.21. The molecular weight excluding hydrogens is 355 g/mol. The molecule has 2 heterocycles. The summed E-state index contributed by atoms with van der Waals surface area (Å²) in [5.74, 6) is -0.956. The number of fused-ring (bicyclic) bond motifs is 1. The molecule has 1 aromatic rings. The molecule has 3 rings (SSSR count). The lowest BCUT2D eigenvalue weighted by molar-refractivity contribution is -0.137. The molecule has 1 aromatic carbocycles. The van der Waals surface area contributed by atoms with Crippen LogP contribution in [-0.4, -0.2) is 31.0 Å². The summed E-state index contributed by atoms with van der Waals surface area (Å²) in [6.45, 7) is 0.344. The fourth-order valence-electron chi connectivity index (χ4n) is 2.11. The Balaban J connectivity index is 1.90. The normalized spacial score (nSPS) is 17.0. The Hall–Kier alpha value is -2.19. The van der Waals surface area contributed by atoms with Crippen molar-refractivity contribution < 1.29 is 13.9 Å². The zero-order valence-electron chi connectivity index (χ0n) is 11.6. The van der Waals surface area contributed by atoms with Gasteiger partial charge in [-0.2, -0.15) is 0 Å². The van der Waals surface area contributed by atoms with Crippen LogP contribution >= 0.6 is 15.9 Å². The van der Waals surface area contributed by atoms with Gasteiger partial charge >= 0.3 is 5.97 Å². The minimum absolute atomic E-state index is 0.256. The van der Waals surface area contributed by atoms with E-state index in [1.807, 2.05) is 0 Å². The molecule has 2 aliphatic rings. The van der Waals surface area contributed by atoms with Gasteiger partial charge in [0.15, 0.2) is 6.20 Å². The van der Waals surface area contributed by atoms with E-state index in [2.05, 4.69) is 26.3 Å². The number of methoxy groups -OCH3 is 1. The van der Waals surface area contributed by atoms with Crippen LogP contribution in [0.5, 0.6) is 0 Å². The van der Waals surface area contributed by atoms with E-state index in [0.717, 1.165) is 5.70 Å². The standard InChI is InChI=1S/C14H12BrFN4O2/c1-22-14(21)13-7-19-8-17-5-10(19)6-20(13)18-12-3-2-9(15)4-11(12)16/h2-5,7-8,18H,6H2,1H3/q+1. The number of halogens is 2. The summed E-state index contributed by atoms with van der Waals surface area (Å²) in [6, 6.07) is 4.64. The Bertz CT molecular complexity index is 717. The average molecular weight is 367 g/mol. The van der Waals surface area contributed by atoms with Crippen LogP contribution in [0.15, 0.2) is 51.5 Å². The van der Waals surface area contributed by atoms with Gasteiger partial charge in [0, 0.05) is 4.47 Å². The Labute approximate surface area is 134 Å². The van der Waals surface area contributed by atoms with E-state index in [-0.39, 0.29) is 11.4 Å². The lowest BCUT2D eigenvalue weighted by Gasteiger charge is -2.28. The molecule has 6 nitrogen and oxygen atoms in total. The molecular formula is C14H12BrFN4O2+. The van der Waals surface area contributed by atoms with Crippen molar-refractivity contribution >= 4 is 33.9 Å². The summed E-state index contributed by atoms with van der Waals surface area (Å²) in [4.78, 5) is 17.7. The number of aliphatic imine (C=N–C) groups is 1. The molecule has 0 unspecified atom stereocenters. The van der Waals surface area contributed by atoms with Crippen LogP contribution in [0.2, 0.25) is 0 Å². The number of hydrogen-bond acceptors (Lipinski definition) is 6. The summed E-state index contributed by atoms with van der Waals surface area (Å²) in [5.41, 5.74) is 4.27. The second kappa shape index (κ2) is 5.90. The zero-order valence-corrected chi connectivity index (χ0v) is 13.2. The van der Waals surface area contributed by atoms with Gasteiger partial charge in [0.2, 0.25) is 17.7 Å². The number of carbonyl (C=O) groups excluding carboxylic acids is 1. The summed E-state index contributed by atoms with van der Waals surface area (Å²) in [6.07, 6.45) is 4.86. The maximum absolute atomic E-state index is 14.0. The predicted molar refractivity (Wildman–Crippen MR) is 83.2 cm³/mol. The Morgan fingerprint density at radius 2 is 2.36 bits per heavy atom. The van der Waals surface area contributed by atoms with Crippen molar-refractivity contribution in [2.24, 2.45) is 4.99 Å². The first-order chi connectivity index (χ1) is 10.6. The van der Waals surface area contributed by atoms with E-state index in [4.69, 9.17) is 4.74 Å². The van der Waals surface area contributed by atoms with Crippen LogP contribution < -0.4 is 10.3 Å². The second-order valence-corrected chi connectivity index (χ2v) is 5.54. The number of rotatable bonds is 3. The number of hydrazine groups is 1. The molecule has 22 heavy (non-hydrogen) atoms. The number of ether oxygens (including phenoxy) is 1. The summed E-state index contributed by atoms with van der Waals surface area (Å²) < 4.78 is 19.4. The highest BCUT2D eigenvalue weighted by atomic mass is 79.9. The fourth-order valence-corrected chi connectivity index (χ4v) is 2.45. The van der Waals surface area contributed by atoms with Crippen LogP contribution in [0.4, 0.5) is 10.1 Å². The molecule has 0 atom stereocenters. The van der Waals surface area contributed by atoms with Gasteiger partial charge in [0.1, 0.15) is 12.4 Å². The highest BCUT2D eigenvalue weighted by Gasteiger charge is 2.36. The highest BCUT2D eigenvalue weighted by Crippen LogP contribution is 2.25. The van der Waals surface area contributed by atoms with E-state index < -0.39 is 11.8 Å². The Morgan fingerprint density at radius 3 is 3.09 bits per heavy atom. The summed E-state index contributed by atoms with van der Waals surface area (Å²) in [7, 11) is 1.30. The van der Waals surface area contributed by atoms with Gasteiger partial charge in [-0.1, -0.05) is 20.8 Å². The SMILES string of the molecule is COC(=O)C1=C[N+]2C=NC=C2CN1Nc1ccc(Br)cc1F. The van der Waals surface area contributed by atoms with Crippen molar-refractivity contribution in [1.82, 2.24) is 9.91 Å². The number of anilines is 1. The maximum atomic E-state index is 14.0. The molecule has 1 N–H and O–H groups in total. The second-order valence-electron chi connectivity index (χ2n) is 4.62. The number of nitrogens with one attached hydrogen (secondary N) is 1. The number of hydrogen-bond donors (Lipinski definition) is 1. The van der Waals surface area contributed by atoms with Crippen LogP contribution in [0.3, 0.4) is 0 Å². The molecule has 113 valence electrons. The van der Waals surface area contributed by atoms with Crippen molar-refractivity contribution in [3.05, 3.63) is 52.3 Å². The smallest absolute Gasteiger partial charge is 0.362 e. The lowest BCUT2D eigenvalue weighted by atomic mass is 10.3. The van der Waals surface area contributed by atoms with Gasteiger partial charge < -0.3 is 4.74 Å². The van der Waals surface area contributed by atoms with Gasteiger partial charge in [-0.3, -0.25) is 10.4 Å². The monoisotopic (exact) mass is 366 g/mol. The molecule has 0 saturated heterocycles. The third-order valence-electron chi connectivity index (χ3n) is 3.20. The third-order valence-corrected chi connectivity index (χ3v) is 3.69. The number of nitrogens with zero attached hydrogens (tertiary/aromatic N) is 3. The third kappa shape index (κ3) is 2.75. The molecule has 0 aromatic heterocycles. The molecule has 0 spiro atoms. The number of benzene rings is 1. The molecule has 0 bridgehead atoms. The quantitative estimate of drug-likeness (QED) is 0.658. The Morgan fingerprint density at radius 1 is 1.55 bits per heavy atom. The molecule has 0 saturated carbocycles. The minimum Gasteiger partial charge on any atom is -0.464 e. The molecule has 0 fully saturated rings. The first-order valence-corrected chi connectivity index (χ1v) is 7.18. The van der Waals surface area contributed by atoms with Gasteiger partial charge in [-0.05, 0) is 18.2 Å². The maximum Gasteiger partial charge on any atom is 0.362 e. The zero-order chi connectivity index (χ0) is 15.7. The van der Waals surface area contributed by atoms with E-state index in [9.17, 15) is 9.18 Å². The van der Waals surface area contributed by atoms with Gasteiger partial charge in [0.05, 0.1) is 19.0 Å². The Kier molecular flexibility index (Phi) is 3.95. The molecule has 2 aliphatic heterocycles. The molecule has 0 aliphatic carbocycles. The van der Waals surface area contributed by atoms with Crippen molar-refractivity contribution in [3.63, 3.8) is 0 Å². The first kappa shape index (κ1) is 14.7. The van der Waals surface area contributed by atoms with E-state index in [1.54, 1.807) is 35.8 Å². The van der Waals surface area contributed by atoms with E-state index >= 15 is 0 Å². The summed E-state index contributed by atoms with van der Waals surface area (Å²) in [5, 5.41) is 1.52. The van der Waals surface area contributed by atoms with Gasteiger partial charge in [-0.25, -0.2) is 14.2 Å². The van der Waals surface area contributed by atoms with Crippen LogP contribution in [0.1, 0.15) is 0 Å². The van der Waals surface area contributed by atoms with E-state index in [0.29, 0.717) is 11.0 Å². The first-order valence-electron chi connectivity index (χ1n) is 6.38. The van der Waals surface area contributed by atoms with Crippen LogP contribution in [-0.2, 0) is 9.53 Å². The van der Waals surface area contributed by atoms with Crippen molar-refractivity contribution in [2.45, 2.75) is 0 Å². The van der Waals surface area contributed by atoms with Crippen molar-refractivity contribution in [2.75, 3.05) is 19.1 Å². The predicted octanol–water partition coefficient (Wildman–Crippen LogP) is 2.27. The van der Waals surface area contributed by atoms with E-state index in [1.165, 1.54) is 18.2 Å². The van der Waals surface area contributed by atoms with Crippen molar-refractivity contribution in [1.29, 1.82) is 0 Å². The highest BCUT2D eigenvalue weighted by molar-refractivity contribution is 9.10. The minimum atomic E-state index is -0.524. The molecule has 1 radical (unpaired) electrons. The number of esters is 1. The van der Waals surface area contributed by atoms with Crippen molar-refractivity contribution in [3.8, 4) is 0 Å². The molecule has 0 amide bonds. The fraction of sp³-hybridized carbons (Fsp3) is 0.143. The average Bonchev–Trinajstić information content (AvgIpc) is 2.95. The lowest BCUT2D eigenvalue weighted by Crippen LogP contribution is -2.43. The van der Waals surface area contributed by atoms with Crippen LogP contribution in [0, 0.1) is 5.82 Å². The topological polar surface area (TPSA) is 59.8 Å². The molecule has 8 heteroatoms. The van der Waals surface area contributed by atoms with Crippen LogP contribution in [0.25, 0.3) is 0 Å². The number of carbonyl (C=O) groups is 1. The largest absolute Gasteiger partial charge is 0.464 e. The van der Waals surface area contributed by atoms with Gasteiger partial charge in [-0.15, -0.1) is 0 Å². The van der Waals surface area contributed by atoms with Gasteiger partial charge in [0.25, 0.3) is 0 Å².